The van der Waals surface area contributed by atoms with Crippen molar-refractivity contribution in [1.29, 1.82) is 0 Å². The van der Waals surface area contributed by atoms with E-state index in [2.05, 4.69) is 9.73 Å². The molecule has 6 heteroatoms. The molecule has 0 N–H and O–H groups in total. The summed E-state index contributed by atoms with van der Waals surface area (Å²) in [5, 5.41) is 0. The number of esters is 1. The van der Waals surface area contributed by atoms with Gasteiger partial charge >= 0.3 is 5.97 Å². The van der Waals surface area contributed by atoms with Gasteiger partial charge in [-0.15, -0.1) is 0 Å². The van der Waals surface area contributed by atoms with Crippen LogP contribution in [0.2, 0.25) is 0 Å². The van der Waals surface area contributed by atoms with Gasteiger partial charge in [-0.2, -0.15) is 4.99 Å². The average Bonchev–Trinajstić information content (AvgIpc) is 2.30. The van der Waals surface area contributed by atoms with Crippen LogP contribution in [0.4, 0.5) is 10.1 Å². The Balaban J connectivity index is 3.49. The summed E-state index contributed by atoms with van der Waals surface area (Å²) in [7, 11) is 2.34. The average molecular weight is 225 g/mol. The van der Waals surface area contributed by atoms with E-state index in [-0.39, 0.29) is 11.4 Å². The molecule has 0 aromatic heterocycles. The molecular weight excluding hydrogens is 217 g/mol. The molecule has 1 aromatic rings. The van der Waals surface area contributed by atoms with Crippen LogP contribution in [0.15, 0.2) is 17.1 Å². The van der Waals surface area contributed by atoms with Crippen molar-refractivity contribution in [2.75, 3.05) is 14.2 Å². The smallest absolute Gasteiger partial charge is 0.344 e. The molecule has 0 heterocycles. The van der Waals surface area contributed by atoms with Gasteiger partial charge < -0.3 is 9.47 Å². The van der Waals surface area contributed by atoms with Crippen molar-refractivity contribution in [3.05, 3.63) is 23.5 Å². The molecule has 0 fully saturated rings. The number of hydrogen-bond acceptors (Lipinski definition) is 5. The second-order valence-electron chi connectivity index (χ2n) is 2.67. The van der Waals surface area contributed by atoms with Gasteiger partial charge in [0.1, 0.15) is 17.1 Å². The van der Waals surface area contributed by atoms with Gasteiger partial charge in [-0.05, 0) is 12.1 Å². The van der Waals surface area contributed by atoms with E-state index < -0.39 is 17.3 Å². The van der Waals surface area contributed by atoms with E-state index in [1.165, 1.54) is 19.3 Å². The number of methoxy groups -OCH3 is 2. The van der Waals surface area contributed by atoms with Gasteiger partial charge in [-0.1, -0.05) is 0 Å². The normalized spacial score (nSPS) is 9.19. The molecule has 0 spiro atoms. The highest BCUT2D eigenvalue weighted by molar-refractivity contribution is 5.95. The van der Waals surface area contributed by atoms with E-state index in [1.807, 2.05) is 0 Å². The quantitative estimate of drug-likeness (QED) is 0.445. The lowest BCUT2D eigenvalue weighted by atomic mass is 10.1. The maximum absolute atomic E-state index is 13.4. The first-order valence-corrected chi connectivity index (χ1v) is 4.18. The summed E-state index contributed by atoms with van der Waals surface area (Å²) in [5.74, 6) is -1.87. The van der Waals surface area contributed by atoms with E-state index in [1.54, 1.807) is 0 Å². The predicted octanol–water partition coefficient (Wildman–Crippen LogP) is 1.59. The van der Waals surface area contributed by atoms with Gasteiger partial charge in [-0.25, -0.2) is 14.0 Å². The molecule has 84 valence electrons. The lowest BCUT2D eigenvalue weighted by molar-refractivity contribution is 0.0591. The lowest BCUT2D eigenvalue weighted by Gasteiger charge is -2.09. The van der Waals surface area contributed by atoms with Gasteiger partial charge in [0.15, 0.2) is 5.75 Å². The number of carbonyl (C=O) groups is 1. The third kappa shape index (κ3) is 2.07. The van der Waals surface area contributed by atoms with Crippen molar-refractivity contribution in [3.8, 4) is 5.75 Å². The Morgan fingerprint density at radius 2 is 2.12 bits per heavy atom. The molecule has 1 aromatic carbocycles. The molecule has 0 aliphatic rings. The fraction of sp³-hybridized carbons (Fsp3) is 0.200. The SMILES string of the molecule is COC(=O)c1c(F)ccc(N=C=O)c1OC. The van der Waals surface area contributed by atoms with Crippen LogP contribution in [0.3, 0.4) is 0 Å². The van der Waals surface area contributed by atoms with Crippen molar-refractivity contribution in [2.45, 2.75) is 0 Å². The number of rotatable bonds is 3. The number of nitrogens with zero attached hydrogens (tertiary/aromatic N) is 1. The largest absolute Gasteiger partial charge is 0.493 e. The van der Waals surface area contributed by atoms with Crippen LogP contribution < -0.4 is 4.74 Å². The molecule has 1 rings (SSSR count). The van der Waals surface area contributed by atoms with Crippen LogP contribution in [0.25, 0.3) is 0 Å². The maximum Gasteiger partial charge on any atom is 0.344 e. The monoisotopic (exact) mass is 225 g/mol. The molecule has 0 radical (unpaired) electrons. The first-order chi connectivity index (χ1) is 7.65. The van der Waals surface area contributed by atoms with Crippen LogP contribution in [0.1, 0.15) is 10.4 Å². The fourth-order valence-electron chi connectivity index (χ4n) is 1.18. The molecular formula is C10H8FNO4. The number of halogens is 1. The number of hydrogen-bond donors (Lipinski definition) is 0. The van der Waals surface area contributed by atoms with Gasteiger partial charge in [0.05, 0.1) is 14.2 Å². The Morgan fingerprint density at radius 1 is 1.44 bits per heavy atom. The minimum absolute atomic E-state index is 0.0132. The summed E-state index contributed by atoms with van der Waals surface area (Å²) in [6, 6.07) is 2.19. The summed E-state index contributed by atoms with van der Waals surface area (Å²) in [6.07, 6.45) is 1.28. The minimum atomic E-state index is -0.905. The summed E-state index contributed by atoms with van der Waals surface area (Å²) in [4.78, 5) is 24.7. The number of carbonyl (C=O) groups excluding carboxylic acids is 2. The van der Waals surface area contributed by atoms with E-state index in [0.717, 1.165) is 13.2 Å². The van der Waals surface area contributed by atoms with Crippen molar-refractivity contribution < 1.29 is 23.5 Å². The Kier molecular flexibility index (Phi) is 3.74. The summed E-state index contributed by atoms with van der Waals surface area (Å²) in [6.45, 7) is 0. The molecule has 0 atom stereocenters. The van der Waals surface area contributed by atoms with Crippen molar-refractivity contribution in [3.63, 3.8) is 0 Å². The number of benzene rings is 1. The lowest BCUT2D eigenvalue weighted by Crippen LogP contribution is -2.07. The van der Waals surface area contributed by atoms with E-state index in [4.69, 9.17) is 4.74 Å². The second-order valence-corrected chi connectivity index (χ2v) is 2.67. The van der Waals surface area contributed by atoms with Crippen LogP contribution in [-0.2, 0) is 9.53 Å². The molecule has 5 nitrogen and oxygen atoms in total. The molecule has 0 aliphatic heterocycles. The standard InChI is InChI=1S/C10H8FNO4/c1-15-9-7(12-5-13)4-3-6(11)8(9)10(14)16-2/h3-4H,1-2H3. The molecule has 0 saturated carbocycles. The molecule has 0 amide bonds. The van der Waals surface area contributed by atoms with Crippen molar-refractivity contribution in [1.82, 2.24) is 0 Å². The third-order valence-corrected chi connectivity index (χ3v) is 1.85. The molecule has 0 unspecified atom stereocenters. The van der Waals surface area contributed by atoms with Gasteiger partial charge in [0.2, 0.25) is 6.08 Å². The van der Waals surface area contributed by atoms with Crippen LogP contribution in [-0.4, -0.2) is 26.3 Å². The van der Waals surface area contributed by atoms with Gasteiger partial charge in [0, 0.05) is 0 Å². The predicted molar refractivity (Wildman–Crippen MR) is 52.1 cm³/mol. The third-order valence-electron chi connectivity index (χ3n) is 1.85. The van der Waals surface area contributed by atoms with Crippen LogP contribution in [0.5, 0.6) is 5.75 Å². The molecule has 0 saturated heterocycles. The number of isocyanates is 1. The maximum atomic E-state index is 13.4. The van der Waals surface area contributed by atoms with E-state index in [9.17, 15) is 14.0 Å². The van der Waals surface area contributed by atoms with Crippen LogP contribution in [0, 0.1) is 5.82 Å². The highest BCUT2D eigenvalue weighted by atomic mass is 19.1. The van der Waals surface area contributed by atoms with Crippen molar-refractivity contribution >= 4 is 17.7 Å². The minimum Gasteiger partial charge on any atom is -0.493 e. The highest BCUT2D eigenvalue weighted by Gasteiger charge is 2.21. The van der Waals surface area contributed by atoms with Crippen LogP contribution >= 0.6 is 0 Å². The summed E-state index contributed by atoms with van der Waals surface area (Å²) >= 11 is 0. The second kappa shape index (κ2) is 5.04. The fourth-order valence-corrected chi connectivity index (χ4v) is 1.18. The number of aliphatic imine (C=N–C) groups is 1. The first kappa shape index (κ1) is 11.9. The Hall–Kier alpha value is -2.20. The summed E-state index contributed by atoms with van der Waals surface area (Å²) in [5.41, 5.74) is -0.388. The highest BCUT2D eigenvalue weighted by Crippen LogP contribution is 2.33. The number of ether oxygens (including phenoxy) is 2. The zero-order chi connectivity index (χ0) is 12.1. The van der Waals surface area contributed by atoms with Gasteiger partial charge in [-0.3, -0.25) is 0 Å². The summed E-state index contributed by atoms with van der Waals surface area (Å²) < 4.78 is 22.6. The molecule has 16 heavy (non-hydrogen) atoms. The first-order valence-electron chi connectivity index (χ1n) is 4.18. The Labute approximate surface area is 90.5 Å². The Bertz CT molecular complexity index is 466. The Morgan fingerprint density at radius 3 is 2.62 bits per heavy atom. The molecule has 0 bridgehead atoms. The van der Waals surface area contributed by atoms with E-state index >= 15 is 0 Å². The zero-order valence-electron chi connectivity index (χ0n) is 8.61. The van der Waals surface area contributed by atoms with E-state index in [0.29, 0.717) is 0 Å². The topological polar surface area (TPSA) is 65.0 Å². The van der Waals surface area contributed by atoms with Gasteiger partial charge in [0.25, 0.3) is 0 Å². The molecule has 0 aliphatic carbocycles. The zero-order valence-corrected chi connectivity index (χ0v) is 8.61. The van der Waals surface area contributed by atoms with Crippen molar-refractivity contribution in [2.24, 2.45) is 4.99 Å².